The Morgan fingerprint density at radius 3 is 3.00 bits per heavy atom. The minimum Gasteiger partial charge on any atom is -0.478 e. The first kappa shape index (κ1) is 12.8. The summed E-state index contributed by atoms with van der Waals surface area (Å²) in [6.45, 7) is 1.39. The smallest absolute Gasteiger partial charge is 0.335 e. The van der Waals surface area contributed by atoms with E-state index in [2.05, 4.69) is 10.2 Å². The molecule has 2 saturated heterocycles. The number of hydrogen-bond acceptors (Lipinski definition) is 4. The summed E-state index contributed by atoms with van der Waals surface area (Å²) in [5.74, 6) is -0.898. The van der Waals surface area contributed by atoms with Gasteiger partial charge in [-0.15, -0.1) is 0 Å². The Morgan fingerprint density at radius 1 is 1.45 bits per heavy atom. The molecule has 2 heterocycles. The van der Waals surface area contributed by atoms with Gasteiger partial charge in [0, 0.05) is 13.1 Å². The van der Waals surface area contributed by atoms with Crippen LogP contribution in [0.1, 0.15) is 23.2 Å². The third kappa shape index (κ3) is 1.97. The molecule has 0 aliphatic carbocycles. The fraction of sp³-hybridized carbons (Fsp3) is 0.429. The topological polar surface area (TPSA) is 95.7 Å². The number of carboxylic acid groups (broad SMARTS) is 1. The van der Waals surface area contributed by atoms with Crippen LogP contribution in [0.2, 0.25) is 0 Å². The highest BCUT2D eigenvalue weighted by Gasteiger charge is 2.41. The van der Waals surface area contributed by atoms with Crippen LogP contribution >= 0.6 is 0 Å². The minimum absolute atomic E-state index is 0.0170. The first-order valence-corrected chi connectivity index (χ1v) is 6.75. The van der Waals surface area contributed by atoms with Crippen LogP contribution in [0.25, 0.3) is 0 Å². The molecular weight excluding hydrogens is 258 g/mol. The summed E-state index contributed by atoms with van der Waals surface area (Å²) in [5.41, 5.74) is 7.48. The number of anilines is 2. The molecule has 2 aliphatic rings. The molecular formula is C14H17N3O3. The molecule has 0 aromatic heterocycles. The van der Waals surface area contributed by atoms with Crippen molar-refractivity contribution in [2.45, 2.75) is 18.9 Å². The second-order valence-corrected chi connectivity index (χ2v) is 5.33. The van der Waals surface area contributed by atoms with Gasteiger partial charge in [0.25, 0.3) is 0 Å². The fourth-order valence-corrected chi connectivity index (χ4v) is 3.18. The number of carbonyl (C=O) groups is 2. The molecule has 2 fully saturated rings. The Hall–Kier alpha value is -2.24. The van der Waals surface area contributed by atoms with Gasteiger partial charge in [0.05, 0.1) is 28.9 Å². The third-order valence-corrected chi connectivity index (χ3v) is 4.19. The summed E-state index contributed by atoms with van der Waals surface area (Å²) < 4.78 is 0. The first-order valence-electron chi connectivity index (χ1n) is 6.75. The summed E-state index contributed by atoms with van der Waals surface area (Å²) in [7, 11) is 0. The van der Waals surface area contributed by atoms with E-state index >= 15 is 0 Å². The van der Waals surface area contributed by atoms with E-state index in [0.717, 1.165) is 25.1 Å². The number of nitrogens with zero attached hydrogens (tertiary/aromatic N) is 1. The lowest BCUT2D eigenvalue weighted by Crippen LogP contribution is -2.46. The maximum Gasteiger partial charge on any atom is 0.335 e. The molecule has 4 N–H and O–H groups in total. The quantitative estimate of drug-likeness (QED) is 0.690. The van der Waals surface area contributed by atoms with Crippen molar-refractivity contribution in [2.24, 2.45) is 5.92 Å². The summed E-state index contributed by atoms with van der Waals surface area (Å²) in [4.78, 5) is 25.0. The summed E-state index contributed by atoms with van der Waals surface area (Å²) in [6, 6.07) is 4.79. The van der Waals surface area contributed by atoms with Crippen molar-refractivity contribution < 1.29 is 14.7 Å². The van der Waals surface area contributed by atoms with Crippen LogP contribution in [-0.4, -0.2) is 36.1 Å². The van der Waals surface area contributed by atoms with Crippen molar-refractivity contribution in [3.05, 3.63) is 23.8 Å². The first-order chi connectivity index (χ1) is 9.58. The SMILES string of the molecule is Nc1ccc(C(=O)O)cc1N1CCCC2C(=O)NCC21. The average Bonchev–Trinajstić information content (AvgIpc) is 2.81. The summed E-state index contributed by atoms with van der Waals surface area (Å²) in [5, 5.41) is 12.0. The molecule has 2 aliphatic heterocycles. The average molecular weight is 275 g/mol. The van der Waals surface area contributed by atoms with Crippen molar-refractivity contribution >= 4 is 23.3 Å². The number of carbonyl (C=O) groups excluding carboxylic acids is 1. The predicted octanol–water partition coefficient (Wildman–Crippen LogP) is 0.682. The van der Waals surface area contributed by atoms with E-state index in [4.69, 9.17) is 10.8 Å². The lowest BCUT2D eigenvalue weighted by atomic mass is 9.90. The number of fused-ring (bicyclic) bond motifs is 1. The Kier molecular flexibility index (Phi) is 3.00. The van der Waals surface area contributed by atoms with Crippen LogP contribution < -0.4 is 16.0 Å². The number of nitrogen functional groups attached to an aromatic ring is 1. The van der Waals surface area contributed by atoms with E-state index in [1.54, 1.807) is 12.1 Å². The van der Waals surface area contributed by atoms with Gasteiger partial charge in [-0.3, -0.25) is 4.79 Å². The van der Waals surface area contributed by atoms with Gasteiger partial charge in [-0.25, -0.2) is 4.79 Å². The molecule has 0 bridgehead atoms. The van der Waals surface area contributed by atoms with Crippen molar-refractivity contribution in [1.82, 2.24) is 5.32 Å². The molecule has 1 amide bonds. The van der Waals surface area contributed by atoms with Crippen LogP contribution in [0.15, 0.2) is 18.2 Å². The van der Waals surface area contributed by atoms with E-state index < -0.39 is 5.97 Å². The lowest BCUT2D eigenvalue weighted by Gasteiger charge is -2.38. The second kappa shape index (κ2) is 4.70. The van der Waals surface area contributed by atoms with Gasteiger partial charge in [0.15, 0.2) is 0 Å². The lowest BCUT2D eigenvalue weighted by molar-refractivity contribution is -0.123. The number of rotatable bonds is 2. The van der Waals surface area contributed by atoms with Gasteiger partial charge in [-0.1, -0.05) is 0 Å². The normalized spacial score (nSPS) is 25.2. The monoisotopic (exact) mass is 275 g/mol. The van der Waals surface area contributed by atoms with Crippen molar-refractivity contribution in [2.75, 3.05) is 23.7 Å². The highest BCUT2D eigenvalue weighted by molar-refractivity contribution is 5.91. The van der Waals surface area contributed by atoms with Gasteiger partial charge in [-0.05, 0) is 31.0 Å². The molecule has 0 spiro atoms. The molecule has 20 heavy (non-hydrogen) atoms. The van der Waals surface area contributed by atoms with E-state index in [1.165, 1.54) is 6.07 Å². The number of nitrogens with one attached hydrogen (secondary N) is 1. The number of aromatic carboxylic acids is 1. The molecule has 106 valence electrons. The van der Waals surface area contributed by atoms with Crippen LogP contribution in [0, 0.1) is 5.92 Å². The highest BCUT2D eigenvalue weighted by atomic mass is 16.4. The number of piperidine rings is 1. The van der Waals surface area contributed by atoms with Crippen LogP contribution in [0.5, 0.6) is 0 Å². The predicted molar refractivity (Wildman–Crippen MR) is 74.7 cm³/mol. The largest absolute Gasteiger partial charge is 0.478 e. The Labute approximate surface area is 116 Å². The highest BCUT2D eigenvalue weighted by Crippen LogP contribution is 2.35. The molecule has 0 radical (unpaired) electrons. The fourth-order valence-electron chi connectivity index (χ4n) is 3.18. The summed E-state index contributed by atoms with van der Waals surface area (Å²) in [6.07, 6.45) is 1.79. The van der Waals surface area contributed by atoms with E-state index in [9.17, 15) is 9.59 Å². The van der Waals surface area contributed by atoms with Gasteiger partial charge >= 0.3 is 5.97 Å². The zero-order valence-electron chi connectivity index (χ0n) is 11.0. The zero-order chi connectivity index (χ0) is 14.3. The standard InChI is InChI=1S/C14H17N3O3/c15-10-4-3-8(14(19)20)6-11(10)17-5-1-2-9-12(17)7-16-13(9)18/h3-4,6,9,12H,1-2,5,7,15H2,(H,16,18)(H,19,20). The number of carboxylic acids is 1. The zero-order valence-corrected chi connectivity index (χ0v) is 11.0. The Balaban J connectivity index is 1.97. The Bertz CT molecular complexity index is 573. The Morgan fingerprint density at radius 2 is 2.25 bits per heavy atom. The maximum absolute atomic E-state index is 11.8. The summed E-state index contributed by atoms with van der Waals surface area (Å²) >= 11 is 0. The number of hydrogen-bond donors (Lipinski definition) is 3. The number of nitrogens with two attached hydrogens (primary N) is 1. The third-order valence-electron chi connectivity index (χ3n) is 4.19. The molecule has 6 nitrogen and oxygen atoms in total. The number of benzene rings is 1. The van der Waals surface area contributed by atoms with Gasteiger partial charge in [0.2, 0.25) is 5.91 Å². The van der Waals surface area contributed by atoms with E-state index in [0.29, 0.717) is 12.2 Å². The van der Waals surface area contributed by atoms with Crippen LogP contribution in [0.4, 0.5) is 11.4 Å². The molecule has 3 rings (SSSR count). The van der Waals surface area contributed by atoms with E-state index in [-0.39, 0.29) is 23.4 Å². The van der Waals surface area contributed by atoms with Crippen molar-refractivity contribution in [3.8, 4) is 0 Å². The molecule has 1 aromatic rings. The molecule has 6 heteroatoms. The second-order valence-electron chi connectivity index (χ2n) is 5.33. The minimum atomic E-state index is -0.972. The molecule has 2 atom stereocenters. The van der Waals surface area contributed by atoms with Crippen molar-refractivity contribution in [1.29, 1.82) is 0 Å². The maximum atomic E-state index is 11.8. The van der Waals surface area contributed by atoms with Crippen LogP contribution in [0.3, 0.4) is 0 Å². The molecule has 2 unspecified atom stereocenters. The van der Waals surface area contributed by atoms with Crippen LogP contribution in [-0.2, 0) is 4.79 Å². The van der Waals surface area contributed by atoms with E-state index in [1.807, 2.05) is 0 Å². The molecule has 0 saturated carbocycles. The van der Waals surface area contributed by atoms with Gasteiger partial charge in [-0.2, -0.15) is 0 Å². The molecule has 1 aromatic carbocycles. The number of amides is 1. The van der Waals surface area contributed by atoms with Crippen molar-refractivity contribution in [3.63, 3.8) is 0 Å². The van der Waals surface area contributed by atoms with Gasteiger partial charge < -0.3 is 21.1 Å². The van der Waals surface area contributed by atoms with Gasteiger partial charge in [0.1, 0.15) is 0 Å².